The Morgan fingerprint density at radius 1 is 1.30 bits per heavy atom. The van der Waals surface area contributed by atoms with Gasteiger partial charge in [0.05, 0.1) is 12.1 Å². The summed E-state index contributed by atoms with van der Waals surface area (Å²) in [6, 6.07) is 10.4. The van der Waals surface area contributed by atoms with E-state index in [1.807, 2.05) is 10.7 Å². The summed E-state index contributed by atoms with van der Waals surface area (Å²) in [7, 11) is 1.68. The molecule has 1 atom stereocenters. The van der Waals surface area contributed by atoms with Crippen LogP contribution in [0.4, 0.5) is 0 Å². The van der Waals surface area contributed by atoms with Gasteiger partial charge < -0.3 is 9.47 Å². The van der Waals surface area contributed by atoms with Crippen LogP contribution in [0.25, 0.3) is 0 Å². The lowest BCUT2D eigenvalue weighted by molar-refractivity contribution is -0.0607. The van der Waals surface area contributed by atoms with Crippen molar-refractivity contribution in [2.75, 3.05) is 13.7 Å². The second kappa shape index (κ2) is 6.81. The van der Waals surface area contributed by atoms with Crippen LogP contribution in [0.1, 0.15) is 49.8 Å². The van der Waals surface area contributed by atoms with Gasteiger partial charge in [-0.15, -0.1) is 0 Å². The number of aromatic nitrogens is 3. The van der Waals surface area contributed by atoms with Gasteiger partial charge in [-0.05, 0) is 32.3 Å². The minimum Gasteiger partial charge on any atom is -0.377 e. The highest BCUT2D eigenvalue weighted by Crippen LogP contribution is 2.35. The second-order valence-corrected chi connectivity index (χ2v) is 6.76. The first-order valence-electron chi connectivity index (χ1n) is 8.18. The van der Waals surface area contributed by atoms with Gasteiger partial charge in [0.15, 0.2) is 5.82 Å². The number of hydrogen-bond acceptors (Lipinski definition) is 4. The summed E-state index contributed by atoms with van der Waals surface area (Å²) >= 11 is 0. The molecule has 1 aromatic heterocycles. The van der Waals surface area contributed by atoms with Crippen LogP contribution in [-0.4, -0.2) is 34.1 Å². The average Bonchev–Trinajstić information content (AvgIpc) is 2.90. The number of nitrogens with zero attached hydrogens (tertiary/aromatic N) is 3. The van der Waals surface area contributed by atoms with Crippen molar-refractivity contribution in [1.82, 2.24) is 14.8 Å². The first kappa shape index (κ1) is 16.1. The fourth-order valence-corrected chi connectivity index (χ4v) is 3.22. The molecule has 124 valence electrons. The van der Waals surface area contributed by atoms with E-state index in [4.69, 9.17) is 14.5 Å². The molecule has 2 heterocycles. The molecule has 0 saturated carbocycles. The predicted molar refractivity (Wildman–Crippen MR) is 88.3 cm³/mol. The SMILES string of the molecule is COCc1nc([C@@H]2CCOC(C)(C)C2)n(Cc2ccccc2)n1. The zero-order valence-electron chi connectivity index (χ0n) is 14.2. The van der Waals surface area contributed by atoms with Gasteiger partial charge in [-0.25, -0.2) is 9.67 Å². The van der Waals surface area contributed by atoms with Crippen molar-refractivity contribution in [2.24, 2.45) is 0 Å². The van der Waals surface area contributed by atoms with Gasteiger partial charge >= 0.3 is 0 Å². The average molecular weight is 315 g/mol. The van der Waals surface area contributed by atoms with Gasteiger partial charge in [-0.3, -0.25) is 0 Å². The minimum absolute atomic E-state index is 0.103. The Labute approximate surface area is 137 Å². The van der Waals surface area contributed by atoms with Gasteiger partial charge in [0.1, 0.15) is 12.4 Å². The van der Waals surface area contributed by atoms with Crippen LogP contribution < -0.4 is 0 Å². The van der Waals surface area contributed by atoms with E-state index in [-0.39, 0.29) is 5.60 Å². The lowest BCUT2D eigenvalue weighted by Crippen LogP contribution is -2.34. The fraction of sp³-hybridized carbons (Fsp3) is 0.556. The van der Waals surface area contributed by atoms with Crippen LogP contribution in [-0.2, 0) is 22.6 Å². The van der Waals surface area contributed by atoms with Gasteiger partial charge in [-0.1, -0.05) is 30.3 Å². The summed E-state index contributed by atoms with van der Waals surface area (Å²) in [6.45, 7) is 6.25. The maximum Gasteiger partial charge on any atom is 0.176 e. The lowest BCUT2D eigenvalue weighted by atomic mass is 9.88. The summed E-state index contributed by atoms with van der Waals surface area (Å²) in [5.74, 6) is 2.18. The van der Waals surface area contributed by atoms with Crippen molar-refractivity contribution in [3.05, 3.63) is 47.5 Å². The fourth-order valence-electron chi connectivity index (χ4n) is 3.22. The third kappa shape index (κ3) is 3.98. The van der Waals surface area contributed by atoms with E-state index in [9.17, 15) is 0 Å². The van der Waals surface area contributed by atoms with E-state index in [0.29, 0.717) is 12.5 Å². The van der Waals surface area contributed by atoms with E-state index < -0.39 is 0 Å². The Morgan fingerprint density at radius 3 is 2.78 bits per heavy atom. The monoisotopic (exact) mass is 315 g/mol. The van der Waals surface area contributed by atoms with Crippen LogP contribution in [0.5, 0.6) is 0 Å². The van der Waals surface area contributed by atoms with Gasteiger partial charge in [0, 0.05) is 19.6 Å². The van der Waals surface area contributed by atoms with Gasteiger partial charge in [0.2, 0.25) is 0 Å². The molecule has 1 aromatic carbocycles. The third-order valence-corrected chi connectivity index (χ3v) is 4.26. The molecular formula is C18H25N3O2. The largest absolute Gasteiger partial charge is 0.377 e. The summed E-state index contributed by atoms with van der Waals surface area (Å²) in [5.41, 5.74) is 1.13. The molecule has 0 bridgehead atoms. The molecule has 0 amide bonds. The lowest BCUT2D eigenvalue weighted by Gasteiger charge is -2.35. The van der Waals surface area contributed by atoms with E-state index in [2.05, 4.69) is 43.2 Å². The van der Waals surface area contributed by atoms with Crippen LogP contribution in [0.15, 0.2) is 30.3 Å². The van der Waals surface area contributed by atoms with Crippen molar-refractivity contribution in [1.29, 1.82) is 0 Å². The Hall–Kier alpha value is -1.72. The highest BCUT2D eigenvalue weighted by Gasteiger charge is 2.32. The molecule has 1 aliphatic heterocycles. The Morgan fingerprint density at radius 2 is 2.09 bits per heavy atom. The molecule has 0 radical (unpaired) electrons. The van der Waals surface area contributed by atoms with Crippen LogP contribution in [0.3, 0.4) is 0 Å². The van der Waals surface area contributed by atoms with E-state index in [0.717, 1.165) is 37.6 Å². The van der Waals surface area contributed by atoms with Crippen molar-refractivity contribution in [3.63, 3.8) is 0 Å². The molecule has 0 N–H and O–H groups in total. The van der Waals surface area contributed by atoms with Crippen molar-refractivity contribution >= 4 is 0 Å². The molecule has 5 nitrogen and oxygen atoms in total. The number of hydrogen-bond donors (Lipinski definition) is 0. The summed E-state index contributed by atoms with van der Waals surface area (Å²) in [4.78, 5) is 4.76. The predicted octanol–water partition coefficient (Wildman–Crippen LogP) is 3.15. The maximum atomic E-state index is 5.85. The first-order chi connectivity index (χ1) is 11.1. The number of rotatable bonds is 5. The number of methoxy groups -OCH3 is 1. The first-order valence-corrected chi connectivity index (χ1v) is 8.18. The molecule has 1 saturated heterocycles. The van der Waals surface area contributed by atoms with E-state index in [1.165, 1.54) is 5.56 Å². The van der Waals surface area contributed by atoms with E-state index >= 15 is 0 Å². The van der Waals surface area contributed by atoms with Crippen LogP contribution in [0, 0.1) is 0 Å². The van der Waals surface area contributed by atoms with Crippen molar-refractivity contribution in [3.8, 4) is 0 Å². The van der Waals surface area contributed by atoms with Gasteiger partial charge in [-0.2, -0.15) is 5.10 Å². The smallest absolute Gasteiger partial charge is 0.176 e. The minimum atomic E-state index is -0.103. The normalized spacial score (nSPS) is 20.6. The molecule has 3 rings (SSSR count). The number of benzene rings is 1. The standard InChI is InChI=1S/C18H25N3O2/c1-18(2)11-15(9-10-23-18)17-19-16(13-22-3)20-21(17)12-14-7-5-4-6-8-14/h4-8,15H,9-13H2,1-3H3/t15-/m1/s1. The maximum absolute atomic E-state index is 5.85. The second-order valence-electron chi connectivity index (χ2n) is 6.76. The molecule has 1 fully saturated rings. The van der Waals surface area contributed by atoms with Crippen LogP contribution in [0.2, 0.25) is 0 Å². The molecule has 5 heteroatoms. The molecule has 0 unspecified atom stereocenters. The zero-order valence-corrected chi connectivity index (χ0v) is 14.2. The quantitative estimate of drug-likeness (QED) is 0.850. The van der Waals surface area contributed by atoms with E-state index in [1.54, 1.807) is 7.11 Å². The molecule has 1 aliphatic rings. The van der Waals surface area contributed by atoms with Crippen LogP contribution >= 0.6 is 0 Å². The number of ether oxygens (including phenoxy) is 2. The summed E-state index contributed by atoms with van der Waals surface area (Å²) in [6.07, 6.45) is 1.95. The third-order valence-electron chi connectivity index (χ3n) is 4.26. The topological polar surface area (TPSA) is 49.2 Å². The zero-order chi connectivity index (χ0) is 16.3. The molecular weight excluding hydrogens is 290 g/mol. The molecule has 0 aliphatic carbocycles. The molecule has 2 aromatic rings. The highest BCUT2D eigenvalue weighted by atomic mass is 16.5. The highest BCUT2D eigenvalue weighted by molar-refractivity contribution is 5.16. The molecule has 0 spiro atoms. The van der Waals surface area contributed by atoms with Crippen molar-refractivity contribution < 1.29 is 9.47 Å². The van der Waals surface area contributed by atoms with Crippen molar-refractivity contribution in [2.45, 2.75) is 51.4 Å². The summed E-state index contributed by atoms with van der Waals surface area (Å²) < 4.78 is 13.1. The van der Waals surface area contributed by atoms with Gasteiger partial charge in [0.25, 0.3) is 0 Å². The Kier molecular flexibility index (Phi) is 4.78. The Balaban J connectivity index is 1.88. The Bertz CT molecular complexity index is 637. The summed E-state index contributed by atoms with van der Waals surface area (Å²) in [5, 5.41) is 4.66. The molecule has 23 heavy (non-hydrogen) atoms.